The van der Waals surface area contributed by atoms with Crippen molar-refractivity contribution in [3.8, 4) is 11.3 Å². The number of carbonyl (C=O) groups is 2. The predicted molar refractivity (Wildman–Crippen MR) is 88.2 cm³/mol. The van der Waals surface area contributed by atoms with Crippen molar-refractivity contribution in [3.05, 3.63) is 42.1 Å². The average molecular weight is 329 g/mol. The second-order valence-electron chi connectivity index (χ2n) is 6.15. The summed E-state index contributed by atoms with van der Waals surface area (Å²) in [5.74, 6) is -0.308. The van der Waals surface area contributed by atoms with Crippen molar-refractivity contribution in [3.63, 3.8) is 0 Å². The minimum absolute atomic E-state index is 0.0687. The van der Waals surface area contributed by atoms with Gasteiger partial charge in [-0.1, -0.05) is 0 Å². The first-order chi connectivity index (χ1) is 11.5. The summed E-state index contributed by atoms with van der Waals surface area (Å²) in [6.07, 6.45) is 3.27. The molecular weight excluding hydrogens is 309 g/mol. The molecule has 3 rings (SSSR count). The largest absolute Gasteiger partial charge is 0.343 e. The van der Waals surface area contributed by atoms with E-state index in [0.717, 1.165) is 18.4 Å². The highest BCUT2D eigenvalue weighted by molar-refractivity contribution is 5.98. The summed E-state index contributed by atoms with van der Waals surface area (Å²) in [4.78, 5) is 29.9. The van der Waals surface area contributed by atoms with Gasteiger partial charge in [0.1, 0.15) is 11.5 Å². The Morgan fingerprint density at radius 2 is 1.75 bits per heavy atom. The molecule has 0 bridgehead atoms. The van der Waals surface area contributed by atoms with Gasteiger partial charge in [-0.25, -0.2) is 9.37 Å². The molecule has 1 saturated heterocycles. The zero-order valence-electron chi connectivity index (χ0n) is 13.8. The van der Waals surface area contributed by atoms with Crippen LogP contribution in [0.2, 0.25) is 0 Å². The quantitative estimate of drug-likeness (QED) is 0.813. The van der Waals surface area contributed by atoms with Crippen LogP contribution in [0.25, 0.3) is 11.3 Å². The zero-order chi connectivity index (χ0) is 17.3. The van der Waals surface area contributed by atoms with Gasteiger partial charge in [-0.3, -0.25) is 9.59 Å². The van der Waals surface area contributed by atoms with Gasteiger partial charge in [-0.2, -0.15) is 0 Å². The Kier molecular flexibility index (Phi) is 4.46. The van der Waals surface area contributed by atoms with Crippen molar-refractivity contribution in [1.29, 1.82) is 0 Å². The maximum absolute atomic E-state index is 13.1. The summed E-state index contributed by atoms with van der Waals surface area (Å²) in [6.45, 7) is 4.46. The van der Waals surface area contributed by atoms with Gasteiger partial charge >= 0.3 is 0 Å². The van der Waals surface area contributed by atoms with Gasteiger partial charge < -0.3 is 9.47 Å². The average Bonchev–Trinajstić information content (AvgIpc) is 3.01. The van der Waals surface area contributed by atoms with E-state index in [1.54, 1.807) is 25.4 Å². The smallest absolute Gasteiger partial charge is 0.219 e. The number of piperidine rings is 1. The molecule has 0 spiro atoms. The highest BCUT2D eigenvalue weighted by atomic mass is 19.1. The first kappa shape index (κ1) is 16.4. The lowest BCUT2D eigenvalue weighted by Gasteiger charge is -2.32. The molecule has 1 aromatic heterocycles. The lowest BCUT2D eigenvalue weighted by Crippen LogP contribution is -2.38. The van der Waals surface area contributed by atoms with E-state index in [-0.39, 0.29) is 23.5 Å². The third-order valence-electron chi connectivity index (χ3n) is 4.55. The third kappa shape index (κ3) is 3.09. The summed E-state index contributed by atoms with van der Waals surface area (Å²) >= 11 is 0. The minimum atomic E-state index is -0.320. The van der Waals surface area contributed by atoms with Crippen LogP contribution in [0.4, 0.5) is 4.39 Å². The Balaban J connectivity index is 1.91. The van der Waals surface area contributed by atoms with E-state index in [4.69, 9.17) is 0 Å². The van der Waals surface area contributed by atoms with E-state index in [9.17, 15) is 14.0 Å². The van der Waals surface area contributed by atoms with Crippen molar-refractivity contribution in [2.24, 2.45) is 0 Å². The number of aromatic nitrogens is 2. The van der Waals surface area contributed by atoms with E-state index >= 15 is 0 Å². The predicted octanol–water partition coefficient (Wildman–Crippen LogP) is 3.08. The number of halogens is 1. The Morgan fingerprint density at radius 3 is 2.29 bits per heavy atom. The molecule has 0 atom stereocenters. The fraction of sp³-hybridized carbons (Fsp3) is 0.389. The Labute approximate surface area is 140 Å². The van der Waals surface area contributed by atoms with Crippen LogP contribution in [0.3, 0.4) is 0 Å². The number of hydrogen-bond donors (Lipinski definition) is 0. The molecule has 0 saturated carbocycles. The fourth-order valence-electron chi connectivity index (χ4n) is 3.26. The van der Waals surface area contributed by atoms with Gasteiger partial charge in [0, 0.05) is 38.5 Å². The number of amides is 1. The van der Waals surface area contributed by atoms with Gasteiger partial charge in [0.25, 0.3) is 0 Å². The highest BCUT2D eigenvalue weighted by Gasteiger charge is 2.26. The molecule has 0 N–H and O–H groups in total. The SMILES string of the molecule is CC(=O)c1c(-c2ccc(F)cc2)ncn1C1CCN(C(C)=O)CC1. The van der Waals surface area contributed by atoms with Gasteiger partial charge in [0.2, 0.25) is 5.91 Å². The maximum Gasteiger partial charge on any atom is 0.219 e. The number of Topliss-reactive ketones (excluding diaryl/α,β-unsaturated/α-hetero) is 1. The number of benzene rings is 1. The van der Waals surface area contributed by atoms with Crippen molar-refractivity contribution in [2.75, 3.05) is 13.1 Å². The van der Waals surface area contributed by atoms with Crippen molar-refractivity contribution in [1.82, 2.24) is 14.5 Å². The van der Waals surface area contributed by atoms with Gasteiger partial charge in [0.15, 0.2) is 5.78 Å². The van der Waals surface area contributed by atoms with Crippen LogP contribution in [-0.2, 0) is 4.79 Å². The highest BCUT2D eigenvalue weighted by Crippen LogP contribution is 2.30. The van der Waals surface area contributed by atoms with Crippen LogP contribution in [0.15, 0.2) is 30.6 Å². The summed E-state index contributed by atoms with van der Waals surface area (Å²) < 4.78 is 15.0. The van der Waals surface area contributed by atoms with Gasteiger partial charge in [-0.15, -0.1) is 0 Å². The molecule has 0 aliphatic carbocycles. The van der Waals surface area contributed by atoms with Crippen molar-refractivity contribution >= 4 is 11.7 Å². The monoisotopic (exact) mass is 329 g/mol. The molecule has 1 aliphatic rings. The van der Waals surface area contributed by atoms with E-state index < -0.39 is 0 Å². The first-order valence-electron chi connectivity index (χ1n) is 8.06. The van der Waals surface area contributed by atoms with Crippen LogP contribution in [0.5, 0.6) is 0 Å². The minimum Gasteiger partial charge on any atom is -0.343 e. The van der Waals surface area contributed by atoms with Crippen LogP contribution in [-0.4, -0.2) is 39.2 Å². The molecular formula is C18H20FN3O2. The number of hydrogen-bond acceptors (Lipinski definition) is 3. The fourth-order valence-corrected chi connectivity index (χ4v) is 3.26. The van der Waals surface area contributed by atoms with Crippen molar-refractivity contribution in [2.45, 2.75) is 32.7 Å². The van der Waals surface area contributed by atoms with Gasteiger partial charge in [-0.05, 0) is 37.1 Å². The van der Waals surface area contributed by atoms with Gasteiger partial charge in [0.05, 0.1) is 12.0 Å². The third-order valence-corrected chi connectivity index (χ3v) is 4.55. The molecule has 126 valence electrons. The summed E-state index contributed by atoms with van der Waals surface area (Å²) in [5.41, 5.74) is 1.85. The first-order valence-corrected chi connectivity index (χ1v) is 8.06. The zero-order valence-corrected chi connectivity index (χ0v) is 13.8. The number of likely N-dealkylation sites (tertiary alicyclic amines) is 1. The van der Waals surface area contributed by atoms with Crippen LogP contribution < -0.4 is 0 Å². The van der Waals surface area contributed by atoms with Crippen molar-refractivity contribution < 1.29 is 14.0 Å². The van der Waals surface area contributed by atoms with E-state index in [2.05, 4.69) is 4.98 Å². The number of ketones is 1. The van der Waals surface area contributed by atoms with E-state index in [1.165, 1.54) is 19.1 Å². The number of imidazole rings is 1. The molecule has 1 aliphatic heterocycles. The summed E-state index contributed by atoms with van der Waals surface area (Å²) in [7, 11) is 0. The molecule has 1 aromatic carbocycles. The Morgan fingerprint density at radius 1 is 1.12 bits per heavy atom. The Hall–Kier alpha value is -2.50. The Bertz CT molecular complexity index is 759. The topological polar surface area (TPSA) is 55.2 Å². The van der Waals surface area contributed by atoms with Crippen LogP contribution in [0, 0.1) is 5.82 Å². The van der Waals surface area contributed by atoms with E-state index in [1.807, 2.05) is 9.47 Å². The molecule has 2 aromatic rings. The van der Waals surface area contributed by atoms with E-state index in [0.29, 0.717) is 24.5 Å². The molecule has 2 heterocycles. The maximum atomic E-state index is 13.1. The molecule has 1 amide bonds. The normalized spacial score (nSPS) is 15.5. The second-order valence-corrected chi connectivity index (χ2v) is 6.15. The summed E-state index contributed by atoms with van der Waals surface area (Å²) in [6, 6.07) is 6.13. The number of carbonyl (C=O) groups excluding carboxylic acids is 2. The number of nitrogens with zero attached hydrogens (tertiary/aromatic N) is 3. The second kappa shape index (κ2) is 6.55. The van der Waals surface area contributed by atoms with Crippen LogP contribution >= 0.6 is 0 Å². The lowest BCUT2D eigenvalue weighted by atomic mass is 10.0. The molecule has 0 radical (unpaired) electrons. The molecule has 0 unspecified atom stereocenters. The molecule has 6 heteroatoms. The lowest BCUT2D eigenvalue weighted by molar-refractivity contribution is -0.130. The molecule has 5 nitrogen and oxygen atoms in total. The molecule has 1 fully saturated rings. The standard InChI is InChI=1S/C18H20FN3O2/c1-12(23)18-17(14-3-5-15(19)6-4-14)20-11-22(18)16-7-9-21(10-8-16)13(2)24/h3-6,11,16H,7-10H2,1-2H3. The van der Waals surface area contributed by atoms with Crippen LogP contribution in [0.1, 0.15) is 43.2 Å². The number of rotatable bonds is 3. The summed E-state index contributed by atoms with van der Waals surface area (Å²) in [5, 5.41) is 0. The molecule has 24 heavy (non-hydrogen) atoms.